The van der Waals surface area contributed by atoms with Gasteiger partial charge in [0.2, 0.25) is 0 Å². The van der Waals surface area contributed by atoms with Crippen molar-refractivity contribution in [1.82, 2.24) is 4.57 Å². The Balaban J connectivity index is 2.60. The molecule has 2 rings (SSSR count). The Morgan fingerprint density at radius 3 is 2.60 bits per heavy atom. The molecular formula is C15H17NO4. The number of esters is 1. The number of Topliss-reactive ketones (excluding diaryl/α,β-unsaturated/α-hetero) is 1. The lowest BCUT2D eigenvalue weighted by atomic mass is 10.1. The van der Waals surface area contributed by atoms with Gasteiger partial charge in [0, 0.05) is 18.0 Å². The van der Waals surface area contributed by atoms with Crippen molar-refractivity contribution >= 4 is 22.7 Å². The molecule has 0 radical (unpaired) electrons. The average Bonchev–Trinajstić information content (AvgIpc) is 2.70. The molecule has 0 aliphatic carbocycles. The first kappa shape index (κ1) is 14.1. The molecule has 1 heterocycles. The maximum atomic E-state index is 12.2. The van der Waals surface area contributed by atoms with Gasteiger partial charge in [0.05, 0.1) is 13.7 Å². The molecule has 2 aromatic rings. The second kappa shape index (κ2) is 5.36. The summed E-state index contributed by atoms with van der Waals surface area (Å²) in [5.74, 6) is -0.739. The number of benzene rings is 1. The van der Waals surface area contributed by atoms with E-state index in [0.29, 0.717) is 11.4 Å². The standard InChI is InChI=1S/C15H17NO4/c1-5-20-15(18)14(17)13-9(2)11-8-10(19-4)6-7-12(11)16(13)3/h6-8H,5H2,1-4H3. The SMILES string of the molecule is CCOC(=O)C(=O)c1c(C)c2cc(OC)ccc2n1C. The van der Waals surface area contributed by atoms with Gasteiger partial charge in [-0.05, 0) is 37.6 Å². The number of methoxy groups -OCH3 is 1. The van der Waals surface area contributed by atoms with Crippen LogP contribution in [0.15, 0.2) is 18.2 Å². The number of ether oxygens (including phenoxy) is 2. The van der Waals surface area contributed by atoms with Crippen molar-refractivity contribution in [3.8, 4) is 5.75 Å². The van der Waals surface area contributed by atoms with Gasteiger partial charge in [-0.25, -0.2) is 4.79 Å². The fraction of sp³-hybridized carbons (Fsp3) is 0.333. The van der Waals surface area contributed by atoms with Crippen molar-refractivity contribution in [3.05, 3.63) is 29.5 Å². The van der Waals surface area contributed by atoms with Gasteiger partial charge in [0.15, 0.2) is 0 Å². The van der Waals surface area contributed by atoms with Crippen LogP contribution in [0.25, 0.3) is 10.9 Å². The third-order valence-corrected chi connectivity index (χ3v) is 3.34. The molecule has 0 amide bonds. The molecule has 0 saturated carbocycles. The summed E-state index contributed by atoms with van der Waals surface area (Å²) in [6.45, 7) is 3.67. The summed E-state index contributed by atoms with van der Waals surface area (Å²) in [6, 6.07) is 5.54. The number of aromatic nitrogens is 1. The minimum atomic E-state index is -0.825. The van der Waals surface area contributed by atoms with Crippen LogP contribution in [0.2, 0.25) is 0 Å². The van der Waals surface area contributed by atoms with Crippen LogP contribution < -0.4 is 4.74 Å². The topological polar surface area (TPSA) is 57.5 Å². The van der Waals surface area contributed by atoms with E-state index in [-0.39, 0.29) is 6.61 Å². The van der Waals surface area contributed by atoms with Crippen molar-refractivity contribution in [2.45, 2.75) is 13.8 Å². The highest BCUT2D eigenvalue weighted by molar-refractivity contribution is 6.41. The third kappa shape index (κ3) is 2.15. The van der Waals surface area contributed by atoms with Gasteiger partial charge in [0.1, 0.15) is 11.4 Å². The highest BCUT2D eigenvalue weighted by atomic mass is 16.5. The van der Waals surface area contributed by atoms with Crippen LogP contribution in [-0.2, 0) is 16.6 Å². The van der Waals surface area contributed by atoms with Crippen molar-refractivity contribution in [3.63, 3.8) is 0 Å². The highest BCUT2D eigenvalue weighted by Gasteiger charge is 2.25. The minimum Gasteiger partial charge on any atom is -0.497 e. The van der Waals surface area contributed by atoms with Gasteiger partial charge in [-0.2, -0.15) is 0 Å². The Morgan fingerprint density at radius 2 is 2.00 bits per heavy atom. The fourth-order valence-corrected chi connectivity index (χ4v) is 2.35. The Bertz CT molecular complexity index is 685. The van der Waals surface area contributed by atoms with E-state index >= 15 is 0 Å². The minimum absolute atomic E-state index is 0.182. The molecule has 0 saturated heterocycles. The molecule has 0 fully saturated rings. The van der Waals surface area contributed by atoms with Gasteiger partial charge in [0.25, 0.3) is 5.78 Å². The first-order valence-electron chi connectivity index (χ1n) is 6.35. The molecule has 0 unspecified atom stereocenters. The molecule has 106 valence electrons. The third-order valence-electron chi connectivity index (χ3n) is 3.34. The second-order valence-electron chi connectivity index (χ2n) is 4.47. The molecule has 0 aliphatic heterocycles. The maximum Gasteiger partial charge on any atom is 0.381 e. The largest absolute Gasteiger partial charge is 0.497 e. The molecule has 0 atom stereocenters. The molecule has 1 aromatic carbocycles. The molecule has 0 spiro atoms. The number of ketones is 1. The van der Waals surface area contributed by atoms with Crippen LogP contribution in [0.4, 0.5) is 0 Å². The van der Waals surface area contributed by atoms with Crippen molar-refractivity contribution in [2.24, 2.45) is 7.05 Å². The average molecular weight is 275 g/mol. The first-order valence-corrected chi connectivity index (χ1v) is 6.35. The van der Waals surface area contributed by atoms with Crippen LogP contribution in [0.1, 0.15) is 23.0 Å². The molecular weight excluding hydrogens is 258 g/mol. The first-order chi connectivity index (χ1) is 9.51. The Morgan fingerprint density at radius 1 is 1.30 bits per heavy atom. The van der Waals surface area contributed by atoms with Gasteiger partial charge in [-0.1, -0.05) is 0 Å². The lowest BCUT2D eigenvalue weighted by Crippen LogP contribution is -2.20. The van der Waals surface area contributed by atoms with Crippen LogP contribution in [0.3, 0.4) is 0 Å². The lowest BCUT2D eigenvalue weighted by molar-refractivity contribution is -0.137. The van der Waals surface area contributed by atoms with Gasteiger partial charge >= 0.3 is 5.97 Å². The number of aryl methyl sites for hydroxylation is 2. The van der Waals surface area contributed by atoms with Gasteiger partial charge < -0.3 is 14.0 Å². The zero-order chi connectivity index (χ0) is 14.9. The van der Waals surface area contributed by atoms with E-state index < -0.39 is 11.8 Å². The molecule has 0 aliphatic rings. The van der Waals surface area contributed by atoms with E-state index in [0.717, 1.165) is 16.5 Å². The molecule has 1 aromatic heterocycles. The maximum absolute atomic E-state index is 12.2. The summed E-state index contributed by atoms with van der Waals surface area (Å²) >= 11 is 0. The van der Waals surface area contributed by atoms with E-state index in [2.05, 4.69) is 0 Å². The quantitative estimate of drug-likeness (QED) is 0.488. The monoisotopic (exact) mass is 275 g/mol. The van der Waals surface area contributed by atoms with E-state index in [1.54, 1.807) is 25.6 Å². The normalized spacial score (nSPS) is 10.6. The Labute approximate surface area is 117 Å². The number of rotatable bonds is 4. The van der Waals surface area contributed by atoms with Gasteiger partial charge in [-0.15, -0.1) is 0 Å². The number of hydrogen-bond donors (Lipinski definition) is 0. The van der Waals surface area contributed by atoms with Crippen molar-refractivity contribution in [1.29, 1.82) is 0 Å². The Kier molecular flexibility index (Phi) is 3.79. The summed E-state index contributed by atoms with van der Waals surface area (Å²) in [6.07, 6.45) is 0. The summed E-state index contributed by atoms with van der Waals surface area (Å²) in [4.78, 5) is 23.8. The molecule has 0 N–H and O–H groups in total. The van der Waals surface area contributed by atoms with Gasteiger partial charge in [-0.3, -0.25) is 4.79 Å². The smallest absolute Gasteiger partial charge is 0.381 e. The molecule has 20 heavy (non-hydrogen) atoms. The summed E-state index contributed by atoms with van der Waals surface area (Å²) in [5.41, 5.74) is 1.97. The van der Waals surface area contributed by atoms with E-state index in [4.69, 9.17) is 9.47 Å². The summed E-state index contributed by atoms with van der Waals surface area (Å²) < 4.78 is 11.7. The predicted molar refractivity (Wildman–Crippen MR) is 75.2 cm³/mol. The van der Waals surface area contributed by atoms with Crippen LogP contribution >= 0.6 is 0 Å². The van der Waals surface area contributed by atoms with Crippen LogP contribution in [0, 0.1) is 6.92 Å². The van der Waals surface area contributed by atoms with Crippen LogP contribution in [-0.4, -0.2) is 30.0 Å². The number of nitrogens with zero attached hydrogens (tertiary/aromatic N) is 1. The van der Waals surface area contributed by atoms with Crippen LogP contribution in [0.5, 0.6) is 5.75 Å². The van der Waals surface area contributed by atoms with E-state index in [1.807, 2.05) is 25.1 Å². The molecule has 5 heteroatoms. The lowest BCUT2D eigenvalue weighted by Gasteiger charge is -2.04. The fourth-order valence-electron chi connectivity index (χ4n) is 2.35. The summed E-state index contributed by atoms with van der Waals surface area (Å²) in [7, 11) is 3.35. The van der Waals surface area contributed by atoms with E-state index in [9.17, 15) is 9.59 Å². The second-order valence-corrected chi connectivity index (χ2v) is 4.47. The zero-order valence-electron chi connectivity index (χ0n) is 12.0. The van der Waals surface area contributed by atoms with Crippen molar-refractivity contribution in [2.75, 3.05) is 13.7 Å². The number of fused-ring (bicyclic) bond motifs is 1. The van der Waals surface area contributed by atoms with Crippen molar-refractivity contribution < 1.29 is 19.1 Å². The molecule has 0 bridgehead atoms. The predicted octanol–water partition coefficient (Wildman–Crippen LogP) is 2.24. The highest BCUT2D eigenvalue weighted by Crippen LogP contribution is 2.28. The summed E-state index contributed by atoms with van der Waals surface area (Å²) in [5, 5.41) is 0.888. The number of carbonyl (C=O) groups is 2. The van der Waals surface area contributed by atoms with E-state index in [1.165, 1.54) is 0 Å². The number of carbonyl (C=O) groups excluding carboxylic acids is 2. The zero-order valence-corrected chi connectivity index (χ0v) is 12.0. The Hall–Kier alpha value is -2.30. The number of hydrogen-bond acceptors (Lipinski definition) is 4. The molecule has 5 nitrogen and oxygen atoms in total.